The molecule has 1 aliphatic rings. The third kappa shape index (κ3) is 1.75. The Kier molecular flexibility index (Phi) is 2.27. The molecular weight excluding hydrogens is 216 g/mol. The molecule has 1 N–H and O–H groups in total. The number of fused-ring (bicyclic) bond motifs is 1. The number of aromatic nitrogens is 1. The zero-order valence-electron chi connectivity index (χ0n) is 9.49. The van der Waals surface area contributed by atoms with Gasteiger partial charge in [0.25, 0.3) is 0 Å². The van der Waals surface area contributed by atoms with Crippen LogP contribution in [0.2, 0.25) is 0 Å². The van der Waals surface area contributed by atoms with E-state index in [0.717, 1.165) is 29.0 Å². The highest BCUT2D eigenvalue weighted by Gasteiger charge is 2.24. The monoisotopic (exact) mass is 228 g/mol. The number of aryl methyl sites for hydroxylation is 1. The maximum Gasteiger partial charge on any atom is 0.130 e. The summed E-state index contributed by atoms with van der Waals surface area (Å²) in [7, 11) is 0. The predicted octanol–water partition coefficient (Wildman–Crippen LogP) is 2.13. The first kappa shape index (κ1) is 10.2. The SMILES string of the molecule is Cc1[nH]c2cccc(OCC3CO3)c2c1C#N. The van der Waals surface area contributed by atoms with E-state index in [2.05, 4.69) is 11.1 Å². The number of hydrogen-bond acceptors (Lipinski definition) is 3. The summed E-state index contributed by atoms with van der Waals surface area (Å²) in [6.07, 6.45) is 0.218. The van der Waals surface area contributed by atoms with Crippen molar-refractivity contribution < 1.29 is 9.47 Å². The average molecular weight is 228 g/mol. The van der Waals surface area contributed by atoms with Crippen molar-refractivity contribution in [2.24, 2.45) is 0 Å². The van der Waals surface area contributed by atoms with Crippen LogP contribution in [0.25, 0.3) is 10.9 Å². The van der Waals surface area contributed by atoms with Gasteiger partial charge in [-0.25, -0.2) is 0 Å². The second-order valence-corrected chi connectivity index (χ2v) is 4.18. The van der Waals surface area contributed by atoms with Crippen LogP contribution in [0.15, 0.2) is 18.2 Å². The Bertz CT molecular complexity index is 606. The molecule has 1 saturated heterocycles. The minimum absolute atomic E-state index is 0.218. The van der Waals surface area contributed by atoms with Crippen molar-refractivity contribution in [3.8, 4) is 11.8 Å². The van der Waals surface area contributed by atoms with E-state index < -0.39 is 0 Å². The van der Waals surface area contributed by atoms with Gasteiger partial charge in [0.2, 0.25) is 0 Å². The lowest BCUT2D eigenvalue weighted by atomic mass is 10.1. The van der Waals surface area contributed by atoms with Gasteiger partial charge in [-0.3, -0.25) is 0 Å². The van der Waals surface area contributed by atoms with E-state index in [0.29, 0.717) is 12.2 Å². The van der Waals surface area contributed by atoms with E-state index in [1.54, 1.807) is 0 Å². The lowest BCUT2D eigenvalue weighted by Crippen LogP contribution is -2.04. The van der Waals surface area contributed by atoms with Gasteiger partial charge in [0.15, 0.2) is 0 Å². The third-order valence-electron chi connectivity index (χ3n) is 2.91. The van der Waals surface area contributed by atoms with Crippen LogP contribution in [-0.4, -0.2) is 24.3 Å². The molecule has 17 heavy (non-hydrogen) atoms. The number of epoxide rings is 1. The molecule has 3 rings (SSSR count). The number of nitriles is 1. The van der Waals surface area contributed by atoms with Gasteiger partial charge in [-0.2, -0.15) is 5.26 Å². The van der Waals surface area contributed by atoms with Gasteiger partial charge in [-0.1, -0.05) is 6.07 Å². The summed E-state index contributed by atoms with van der Waals surface area (Å²) in [4.78, 5) is 3.19. The van der Waals surface area contributed by atoms with E-state index in [1.165, 1.54) is 0 Å². The fraction of sp³-hybridized carbons (Fsp3) is 0.308. The Labute approximate surface area is 98.8 Å². The Hall–Kier alpha value is -1.99. The molecule has 0 saturated carbocycles. The highest BCUT2D eigenvalue weighted by Crippen LogP contribution is 2.31. The first-order chi connectivity index (χ1) is 8.29. The summed E-state index contributed by atoms with van der Waals surface area (Å²) < 4.78 is 10.8. The van der Waals surface area contributed by atoms with Crippen LogP contribution >= 0.6 is 0 Å². The summed E-state index contributed by atoms with van der Waals surface area (Å²) in [5.74, 6) is 0.749. The minimum Gasteiger partial charge on any atom is -0.490 e. The number of nitrogens with zero attached hydrogens (tertiary/aromatic N) is 1. The number of H-pyrrole nitrogens is 1. The van der Waals surface area contributed by atoms with Gasteiger partial charge in [0, 0.05) is 5.69 Å². The van der Waals surface area contributed by atoms with Gasteiger partial charge in [-0.05, 0) is 19.1 Å². The Morgan fingerprint density at radius 2 is 2.41 bits per heavy atom. The second kappa shape index (κ2) is 3.79. The number of nitrogens with one attached hydrogen (secondary N) is 1. The molecule has 1 aromatic heterocycles. The van der Waals surface area contributed by atoms with Crippen LogP contribution in [0.4, 0.5) is 0 Å². The highest BCUT2D eigenvalue weighted by molar-refractivity contribution is 5.92. The minimum atomic E-state index is 0.218. The zero-order chi connectivity index (χ0) is 11.8. The maximum atomic E-state index is 9.17. The smallest absolute Gasteiger partial charge is 0.130 e. The van der Waals surface area contributed by atoms with E-state index in [1.807, 2.05) is 25.1 Å². The second-order valence-electron chi connectivity index (χ2n) is 4.18. The van der Waals surface area contributed by atoms with E-state index in [9.17, 15) is 0 Å². The maximum absolute atomic E-state index is 9.17. The van der Waals surface area contributed by atoms with E-state index >= 15 is 0 Å². The molecule has 2 heterocycles. The molecule has 1 aliphatic heterocycles. The molecule has 0 radical (unpaired) electrons. The van der Waals surface area contributed by atoms with Crippen molar-refractivity contribution in [2.75, 3.05) is 13.2 Å². The van der Waals surface area contributed by atoms with Gasteiger partial charge in [0.1, 0.15) is 24.5 Å². The van der Waals surface area contributed by atoms with Crippen molar-refractivity contribution in [1.82, 2.24) is 4.98 Å². The van der Waals surface area contributed by atoms with E-state index in [4.69, 9.17) is 14.7 Å². The van der Waals surface area contributed by atoms with Crippen LogP contribution in [0.5, 0.6) is 5.75 Å². The Balaban J connectivity index is 2.06. The van der Waals surface area contributed by atoms with Crippen molar-refractivity contribution in [2.45, 2.75) is 13.0 Å². The summed E-state index contributed by atoms with van der Waals surface area (Å²) in [6.45, 7) is 3.22. The summed E-state index contributed by atoms with van der Waals surface area (Å²) >= 11 is 0. The van der Waals surface area contributed by atoms with Crippen LogP contribution < -0.4 is 4.74 Å². The molecule has 1 unspecified atom stereocenters. The Morgan fingerprint density at radius 3 is 3.12 bits per heavy atom. The number of hydrogen-bond donors (Lipinski definition) is 1. The number of rotatable bonds is 3. The predicted molar refractivity (Wildman–Crippen MR) is 63.0 cm³/mol. The van der Waals surface area contributed by atoms with Gasteiger partial charge in [-0.15, -0.1) is 0 Å². The van der Waals surface area contributed by atoms with Crippen LogP contribution in [-0.2, 0) is 4.74 Å². The molecule has 0 bridgehead atoms. The number of benzene rings is 1. The normalized spacial score (nSPS) is 18.0. The zero-order valence-corrected chi connectivity index (χ0v) is 9.49. The quantitative estimate of drug-likeness (QED) is 0.818. The van der Waals surface area contributed by atoms with Crippen LogP contribution in [0.3, 0.4) is 0 Å². The average Bonchev–Trinajstić information content (AvgIpc) is 3.08. The third-order valence-corrected chi connectivity index (χ3v) is 2.91. The molecule has 0 aliphatic carbocycles. The highest BCUT2D eigenvalue weighted by atomic mass is 16.6. The summed E-state index contributed by atoms with van der Waals surface area (Å²) in [5.41, 5.74) is 2.47. The van der Waals surface area contributed by atoms with Gasteiger partial charge < -0.3 is 14.5 Å². The molecule has 1 atom stereocenters. The molecule has 4 heteroatoms. The number of aromatic amines is 1. The van der Waals surface area contributed by atoms with Crippen molar-refractivity contribution in [3.63, 3.8) is 0 Å². The lowest BCUT2D eigenvalue weighted by molar-refractivity contribution is 0.265. The first-order valence-electron chi connectivity index (χ1n) is 5.55. The molecule has 86 valence electrons. The largest absolute Gasteiger partial charge is 0.490 e. The topological polar surface area (TPSA) is 61.3 Å². The van der Waals surface area contributed by atoms with Crippen LogP contribution in [0.1, 0.15) is 11.3 Å². The molecule has 0 spiro atoms. The van der Waals surface area contributed by atoms with E-state index in [-0.39, 0.29) is 6.10 Å². The van der Waals surface area contributed by atoms with Gasteiger partial charge >= 0.3 is 0 Å². The summed E-state index contributed by atoms with van der Waals surface area (Å²) in [6, 6.07) is 7.97. The first-order valence-corrected chi connectivity index (χ1v) is 5.55. The molecule has 1 aromatic carbocycles. The number of ether oxygens (including phenoxy) is 2. The fourth-order valence-electron chi connectivity index (χ4n) is 1.95. The molecular formula is C13H12N2O2. The van der Waals surface area contributed by atoms with Crippen LogP contribution in [0, 0.1) is 18.3 Å². The Morgan fingerprint density at radius 1 is 1.59 bits per heavy atom. The standard InChI is InChI=1S/C13H12N2O2/c1-8-10(5-14)13-11(15-8)3-2-4-12(13)17-7-9-6-16-9/h2-4,9,15H,6-7H2,1H3. The van der Waals surface area contributed by atoms with Crippen molar-refractivity contribution >= 4 is 10.9 Å². The van der Waals surface area contributed by atoms with Crippen molar-refractivity contribution in [3.05, 3.63) is 29.5 Å². The lowest BCUT2D eigenvalue weighted by Gasteiger charge is -2.05. The molecule has 1 fully saturated rings. The van der Waals surface area contributed by atoms with Gasteiger partial charge in [0.05, 0.1) is 23.1 Å². The molecule has 0 amide bonds. The fourth-order valence-corrected chi connectivity index (χ4v) is 1.95. The summed E-state index contributed by atoms with van der Waals surface area (Å²) in [5, 5.41) is 10.0. The van der Waals surface area contributed by atoms with Crippen molar-refractivity contribution in [1.29, 1.82) is 5.26 Å². The molecule has 4 nitrogen and oxygen atoms in total. The molecule has 2 aromatic rings.